The van der Waals surface area contributed by atoms with Gasteiger partial charge in [-0.15, -0.1) is 0 Å². The summed E-state index contributed by atoms with van der Waals surface area (Å²) >= 11 is 0. The van der Waals surface area contributed by atoms with E-state index in [4.69, 9.17) is 5.73 Å². The second kappa shape index (κ2) is 8.69. The van der Waals surface area contributed by atoms with E-state index in [1.165, 1.54) is 56.1 Å². The maximum atomic E-state index is 9.38. The summed E-state index contributed by atoms with van der Waals surface area (Å²) in [5.74, 6) is 0.528. The van der Waals surface area contributed by atoms with E-state index in [9.17, 15) is 5.11 Å². The topological polar surface area (TPSA) is 46.2 Å². The zero-order chi connectivity index (χ0) is 15.8. The molecule has 2 heteroatoms. The SMILES string of the molecule is CCCCCCCCc1ccc([C@@H]2CC[C@](N)(CO)C2)cc1. The Balaban J connectivity index is 1.74. The fourth-order valence-corrected chi connectivity index (χ4v) is 3.65. The van der Waals surface area contributed by atoms with Crippen LogP contribution in [-0.4, -0.2) is 17.3 Å². The molecule has 0 heterocycles. The molecule has 0 unspecified atom stereocenters. The second-order valence-electron chi connectivity index (χ2n) is 7.22. The van der Waals surface area contributed by atoms with E-state index in [-0.39, 0.29) is 12.1 Å². The number of aryl methyl sites for hydroxylation is 1. The number of aliphatic hydroxyl groups is 1. The van der Waals surface area contributed by atoms with Crippen LogP contribution in [0.2, 0.25) is 0 Å². The summed E-state index contributed by atoms with van der Waals surface area (Å²) in [4.78, 5) is 0. The van der Waals surface area contributed by atoms with Gasteiger partial charge >= 0.3 is 0 Å². The van der Waals surface area contributed by atoms with Crippen molar-refractivity contribution in [2.45, 2.75) is 82.6 Å². The summed E-state index contributed by atoms with van der Waals surface area (Å²) in [6.45, 7) is 2.38. The summed E-state index contributed by atoms with van der Waals surface area (Å²) in [5.41, 5.74) is 8.69. The molecule has 1 aliphatic rings. The Morgan fingerprint density at radius 1 is 1.09 bits per heavy atom. The molecular formula is C20H33NO. The maximum Gasteiger partial charge on any atom is 0.0611 e. The quantitative estimate of drug-likeness (QED) is 0.658. The number of hydrogen-bond acceptors (Lipinski definition) is 2. The Morgan fingerprint density at radius 3 is 2.41 bits per heavy atom. The largest absolute Gasteiger partial charge is 0.394 e. The van der Waals surface area contributed by atoms with Crippen LogP contribution in [0.5, 0.6) is 0 Å². The first-order chi connectivity index (χ1) is 10.7. The van der Waals surface area contributed by atoms with E-state index >= 15 is 0 Å². The van der Waals surface area contributed by atoms with Gasteiger partial charge in [0, 0.05) is 5.54 Å². The lowest BCUT2D eigenvalue weighted by atomic mass is 9.92. The average Bonchev–Trinajstić information content (AvgIpc) is 2.94. The summed E-state index contributed by atoms with van der Waals surface area (Å²) in [6.07, 6.45) is 12.3. The Bertz CT molecular complexity index is 428. The number of nitrogens with two attached hydrogens (primary N) is 1. The second-order valence-corrected chi connectivity index (χ2v) is 7.22. The molecule has 124 valence electrons. The standard InChI is InChI=1S/C20H33NO/c1-2-3-4-5-6-7-8-17-9-11-18(12-10-17)19-13-14-20(21,15-19)16-22/h9-12,19,22H,2-8,13-16,21H2,1H3/t19-,20-/m1/s1. The molecule has 0 bridgehead atoms. The molecule has 0 aromatic heterocycles. The molecule has 0 amide bonds. The fraction of sp³-hybridized carbons (Fsp3) is 0.700. The van der Waals surface area contributed by atoms with Crippen LogP contribution in [-0.2, 0) is 6.42 Å². The molecule has 0 saturated heterocycles. The highest BCUT2D eigenvalue weighted by Gasteiger charge is 2.35. The first kappa shape index (κ1) is 17.5. The van der Waals surface area contributed by atoms with Crippen LogP contribution in [0.1, 0.15) is 81.8 Å². The zero-order valence-corrected chi connectivity index (χ0v) is 14.2. The Labute approximate surface area is 136 Å². The van der Waals surface area contributed by atoms with Gasteiger partial charge in [-0.25, -0.2) is 0 Å². The van der Waals surface area contributed by atoms with Crippen molar-refractivity contribution in [3.05, 3.63) is 35.4 Å². The summed E-state index contributed by atoms with van der Waals surface area (Å²) in [5, 5.41) is 9.38. The van der Waals surface area contributed by atoms with Crippen LogP contribution in [0.15, 0.2) is 24.3 Å². The molecule has 0 spiro atoms. The van der Waals surface area contributed by atoms with Gasteiger partial charge in [0.15, 0.2) is 0 Å². The molecule has 1 saturated carbocycles. The minimum Gasteiger partial charge on any atom is -0.394 e. The smallest absolute Gasteiger partial charge is 0.0611 e. The van der Waals surface area contributed by atoms with E-state index in [0.29, 0.717) is 5.92 Å². The monoisotopic (exact) mass is 303 g/mol. The van der Waals surface area contributed by atoms with Crippen molar-refractivity contribution in [1.82, 2.24) is 0 Å². The molecule has 1 aliphatic carbocycles. The van der Waals surface area contributed by atoms with E-state index in [2.05, 4.69) is 31.2 Å². The highest BCUT2D eigenvalue weighted by molar-refractivity contribution is 5.27. The van der Waals surface area contributed by atoms with Crippen LogP contribution >= 0.6 is 0 Å². The Kier molecular flexibility index (Phi) is 6.91. The van der Waals surface area contributed by atoms with Crippen LogP contribution in [0.4, 0.5) is 0 Å². The van der Waals surface area contributed by atoms with Crippen molar-refractivity contribution in [3.8, 4) is 0 Å². The first-order valence-corrected chi connectivity index (χ1v) is 9.15. The lowest BCUT2D eigenvalue weighted by molar-refractivity contribution is 0.198. The van der Waals surface area contributed by atoms with Crippen LogP contribution in [0.3, 0.4) is 0 Å². The summed E-state index contributed by atoms with van der Waals surface area (Å²) in [7, 11) is 0. The third-order valence-corrected chi connectivity index (χ3v) is 5.23. The number of rotatable bonds is 9. The van der Waals surface area contributed by atoms with E-state index in [0.717, 1.165) is 19.3 Å². The fourth-order valence-electron chi connectivity index (χ4n) is 3.65. The van der Waals surface area contributed by atoms with Crippen molar-refractivity contribution in [2.24, 2.45) is 5.73 Å². The molecule has 1 aromatic rings. The number of benzene rings is 1. The Hall–Kier alpha value is -0.860. The van der Waals surface area contributed by atoms with Crippen LogP contribution in [0, 0.1) is 0 Å². The highest BCUT2D eigenvalue weighted by atomic mass is 16.3. The van der Waals surface area contributed by atoms with Crippen molar-refractivity contribution in [3.63, 3.8) is 0 Å². The molecule has 0 radical (unpaired) electrons. The Morgan fingerprint density at radius 2 is 1.77 bits per heavy atom. The molecule has 2 atom stereocenters. The van der Waals surface area contributed by atoms with Gasteiger partial charge in [0.2, 0.25) is 0 Å². The molecule has 1 aromatic carbocycles. The van der Waals surface area contributed by atoms with Crippen molar-refractivity contribution >= 4 is 0 Å². The average molecular weight is 303 g/mol. The third kappa shape index (κ3) is 5.10. The van der Waals surface area contributed by atoms with Gasteiger partial charge in [-0.05, 0) is 49.1 Å². The van der Waals surface area contributed by atoms with Gasteiger partial charge in [-0.3, -0.25) is 0 Å². The van der Waals surface area contributed by atoms with Gasteiger partial charge in [0.1, 0.15) is 0 Å². The van der Waals surface area contributed by atoms with Crippen LogP contribution < -0.4 is 5.73 Å². The van der Waals surface area contributed by atoms with Gasteiger partial charge in [0.25, 0.3) is 0 Å². The molecule has 2 rings (SSSR count). The van der Waals surface area contributed by atoms with Crippen LogP contribution in [0.25, 0.3) is 0 Å². The molecule has 3 N–H and O–H groups in total. The number of unbranched alkanes of at least 4 members (excludes halogenated alkanes) is 5. The lowest BCUT2D eigenvalue weighted by Crippen LogP contribution is -2.40. The first-order valence-electron chi connectivity index (χ1n) is 9.15. The number of hydrogen-bond donors (Lipinski definition) is 2. The van der Waals surface area contributed by atoms with Gasteiger partial charge in [0.05, 0.1) is 6.61 Å². The normalized spacial score (nSPS) is 24.8. The van der Waals surface area contributed by atoms with Gasteiger partial charge in [-0.2, -0.15) is 0 Å². The number of aliphatic hydroxyl groups excluding tert-OH is 1. The molecule has 22 heavy (non-hydrogen) atoms. The van der Waals surface area contributed by atoms with Crippen molar-refractivity contribution in [1.29, 1.82) is 0 Å². The molecular weight excluding hydrogens is 270 g/mol. The maximum absolute atomic E-state index is 9.38. The summed E-state index contributed by atoms with van der Waals surface area (Å²) in [6, 6.07) is 9.13. The predicted octanol–water partition coefficient (Wildman–Crippen LogP) is 4.55. The molecule has 1 fully saturated rings. The van der Waals surface area contributed by atoms with Crippen molar-refractivity contribution < 1.29 is 5.11 Å². The third-order valence-electron chi connectivity index (χ3n) is 5.23. The van der Waals surface area contributed by atoms with Gasteiger partial charge < -0.3 is 10.8 Å². The van der Waals surface area contributed by atoms with E-state index in [1.54, 1.807) is 0 Å². The molecule has 2 nitrogen and oxygen atoms in total. The van der Waals surface area contributed by atoms with Gasteiger partial charge in [-0.1, -0.05) is 63.3 Å². The summed E-state index contributed by atoms with van der Waals surface area (Å²) < 4.78 is 0. The minimum absolute atomic E-state index is 0.111. The van der Waals surface area contributed by atoms with E-state index in [1.807, 2.05) is 0 Å². The zero-order valence-electron chi connectivity index (χ0n) is 14.2. The van der Waals surface area contributed by atoms with E-state index < -0.39 is 0 Å². The predicted molar refractivity (Wildman–Crippen MR) is 94.1 cm³/mol. The minimum atomic E-state index is -0.345. The van der Waals surface area contributed by atoms with Crippen molar-refractivity contribution in [2.75, 3.05) is 6.61 Å². The highest BCUT2D eigenvalue weighted by Crippen LogP contribution is 2.39. The molecule has 0 aliphatic heterocycles. The lowest BCUT2D eigenvalue weighted by Gasteiger charge is -2.21.